The number of anilines is 1. The molecule has 24 heavy (non-hydrogen) atoms. The predicted molar refractivity (Wildman–Crippen MR) is 93.1 cm³/mol. The highest BCUT2D eigenvalue weighted by molar-refractivity contribution is 5.99. The van der Waals surface area contributed by atoms with Crippen LogP contribution >= 0.6 is 0 Å². The van der Waals surface area contributed by atoms with Crippen molar-refractivity contribution in [3.63, 3.8) is 0 Å². The number of nitrogens with one attached hydrogen (secondary N) is 1. The molecule has 3 saturated heterocycles. The van der Waals surface area contributed by atoms with Gasteiger partial charge >= 0.3 is 0 Å². The Kier molecular flexibility index (Phi) is 4.04. The largest absolute Gasteiger partial charge is 0.339 e. The van der Waals surface area contributed by atoms with Gasteiger partial charge in [0, 0.05) is 43.9 Å². The van der Waals surface area contributed by atoms with Crippen LogP contribution in [-0.4, -0.2) is 49.4 Å². The van der Waals surface area contributed by atoms with Gasteiger partial charge in [-0.05, 0) is 55.8 Å². The van der Waals surface area contributed by atoms with Crippen LogP contribution in [0.3, 0.4) is 0 Å². The van der Waals surface area contributed by atoms with Crippen LogP contribution < -0.4 is 10.2 Å². The summed E-state index contributed by atoms with van der Waals surface area (Å²) in [5, 5.41) is 3.46. The lowest BCUT2D eigenvalue weighted by Gasteiger charge is -2.39. The first-order valence-corrected chi connectivity index (χ1v) is 9.07. The Labute approximate surface area is 143 Å². The number of nitrogens with zero attached hydrogens (tertiary/aromatic N) is 2. The first-order valence-electron chi connectivity index (χ1n) is 9.07. The SMILES string of the molecule is O=C(c1cccc(N2CCCC2=O)c1)N1CCC2(CCNC2)CC1. The summed E-state index contributed by atoms with van der Waals surface area (Å²) in [7, 11) is 0. The van der Waals surface area contributed by atoms with Crippen molar-refractivity contribution in [2.75, 3.05) is 37.6 Å². The number of hydrogen-bond acceptors (Lipinski definition) is 3. The lowest BCUT2D eigenvalue weighted by molar-refractivity contribution is -0.117. The highest BCUT2D eigenvalue weighted by Gasteiger charge is 2.38. The standard InChI is InChI=1S/C19H25N3O2/c23-17-5-2-10-22(17)16-4-1-3-15(13-16)18(24)21-11-7-19(8-12-21)6-9-20-14-19/h1,3-4,13,20H,2,5-12,14H2. The molecule has 5 nitrogen and oxygen atoms in total. The average molecular weight is 327 g/mol. The van der Waals surface area contributed by atoms with Crippen molar-refractivity contribution < 1.29 is 9.59 Å². The molecule has 1 aromatic carbocycles. The number of carbonyl (C=O) groups is 2. The number of amides is 2. The Bertz CT molecular complexity index is 642. The number of benzene rings is 1. The van der Waals surface area contributed by atoms with Crippen LogP contribution in [0, 0.1) is 5.41 Å². The molecule has 0 saturated carbocycles. The molecule has 1 N–H and O–H groups in total. The average Bonchev–Trinajstić information content (AvgIpc) is 3.24. The van der Waals surface area contributed by atoms with Gasteiger partial charge in [0.2, 0.25) is 5.91 Å². The highest BCUT2D eigenvalue weighted by atomic mass is 16.2. The van der Waals surface area contributed by atoms with Gasteiger partial charge in [-0.25, -0.2) is 0 Å². The maximum absolute atomic E-state index is 12.9. The van der Waals surface area contributed by atoms with E-state index in [2.05, 4.69) is 5.32 Å². The molecule has 128 valence electrons. The van der Waals surface area contributed by atoms with E-state index in [0.717, 1.165) is 57.7 Å². The molecular weight excluding hydrogens is 302 g/mol. The molecule has 2 amide bonds. The molecule has 0 radical (unpaired) electrons. The van der Waals surface area contributed by atoms with Crippen molar-refractivity contribution >= 4 is 17.5 Å². The molecule has 0 aromatic heterocycles. The van der Waals surface area contributed by atoms with Gasteiger partial charge in [-0.3, -0.25) is 9.59 Å². The summed E-state index contributed by atoms with van der Waals surface area (Å²) in [5.41, 5.74) is 1.98. The second kappa shape index (κ2) is 6.20. The molecule has 4 rings (SSSR count). The van der Waals surface area contributed by atoms with Crippen molar-refractivity contribution in [3.05, 3.63) is 29.8 Å². The second-order valence-electron chi connectivity index (χ2n) is 7.42. The fourth-order valence-electron chi connectivity index (χ4n) is 4.32. The molecular formula is C19H25N3O2. The van der Waals surface area contributed by atoms with E-state index in [4.69, 9.17) is 0 Å². The van der Waals surface area contributed by atoms with Crippen molar-refractivity contribution in [2.24, 2.45) is 5.41 Å². The van der Waals surface area contributed by atoms with E-state index in [1.165, 1.54) is 6.42 Å². The van der Waals surface area contributed by atoms with E-state index < -0.39 is 0 Å². The Hall–Kier alpha value is -1.88. The minimum atomic E-state index is 0.101. The first kappa shape index (κ1) is 15.6. The summed E-state index contributed by atoms with van der Waals surface area (Å²) in [6.45, 7) is 4.65. The third-order valence-corrected chi connectivity index (χ3v) is 5.92. The molecule has 0 unspecified atom stereocenters. The van der Waals surface area contributed by atoms with Crippen LogP contribution in [0.2, 0.25) is 0 Å². The summed E-state index contributed by atoms with van der Waals surface area (Å²) in [6, 6.07) is 7.57. The van der Waals surface area contributed by atoms with E-state index in [-0.39, 0.29) is 11.8 Å². The van der Waals surface area contributed by atoms with Crippen molar-refractivity contribution in [3.8, 4) is 0 Å². The molecule has 3 heterocycles. The number of piperidine rings is 1. The molecule has 1 spiro atoms. The van der Waals surface area contributed by atoms with E-state index in [1.54, 1.807) is 4.90 Å². The van der Waals surface area contributed by atoms with Crippen LogP contribution in [0.4, 0.5) is 5.69 Å². The van der Waals surface area contributed by atoms with Gasteiger partial charge in [-0.1, -0.05) is 6.07 Å². The normalized spacial score (nSPS) is 23.2. The Morgan fingerprint density at radius 3 is 2.62 bits per heavy atom. The lowest BCUT2D eigenvalue weighted by Crippen LogP contribution is -2.44. The van der Waals surface area contributed by atoms with Crippen LogP contribution in [0.5, 0.6) is 0 Å². The van der Waals surface area contributed by atoms with E-state index in [9.17, 15) is 9.59 Å². The van der Waals surface area contributed by atoms with Crippen LogP contribution in [0.25, 0.3) is 0 Å². The summed E-state index contributed by atoms with van der Waals surface area (Å²) < 4.78 is 0. The van der Waals surface area contributed by atoms with Crippen molar-refractivity contribution in [1.82, 2.24) is 10.2 Å². The smallest absolute Gasteiger partial charge is 0.253 e. The van der Waals surface area contributed by atoms with Gasteiger partial charge in [0.25, 0.3) is 5.91 Å². The summed E-state index contributed by atoms with van der Waals surface area (Å²) in [4.78, 5) is 28.6. The van der Waals surface area contributed by atoms with Gasteiger partial charge in [-0.2, -0.15) is 0 Å². The maximum atomic E-state index is 12.9. The van der Waals surface area contributed by atoms with Crippen LogP contribution in [0.1, 0.15) is 42.5 Å². The quantitative estimate of drug-likeness (QED) is 0.904. The second-order valence-corrected chi connectivity index (χ2v) is 7.42. The molecule has 0 aliphatic carbocycles. The number of hydrogen-bond donors (Lipinski definition) is 1. The number of carbonyl (C=O) groups excluding carboxylic acids is 2. The predicted octanol–water partition coefficient (Wildman–Crippen LogP) is 2.03. The molecule has 0 atom stereocenters. The number of rotatable bonds is 2. The Morgan fingerprint density at radius 1 is 1.12 bits per heavy atom. The third kappa shape index (κ3) is 2.81. The van der Waals surface area contributed by atoms with Gasteiger partial charge in [0.15, 0.2) is 0 Å². The number of likely N-dealkylation sites (tertiary alicyclic amines) is 1. The van der Waals surface area contributed by atoms with Crippen LogP contribution in [-0.2, 0) is 4.79 Å². The monoisotopic (exact) mass is 327 g/mol. The lowest BCUT2D eigenvalue weighted by atomic mass is 9.78. The van der Waals surface area contributed by atoms with E-state index in [0.29, 0.717) is 17.4 Å². The molecule has 1 aromatic rings. The minimum Gasteiger partial charge on any atom is -0.339 e. The molecule has 0 bridgehead atoms. The summed E-state index contributed by atoms with van der Waals surface area (Å²) in [5.74, 6) is 0.262. The summed E-state index contributed by atoms with van der Waals surface area (Å²) in [6.07, 6.45) is 4.94. The minimum absolute atomic E-state index is 0.101. The van der Waals surface area contributed by atoms with Crippen LogP contribution in [0.15, 0.2) is 24.3 Å². The molecule has 3 fully saturated rings. The van der Waals surface area contributed by atoms with Gasteiger partial charge in [-0.15, -0.1) is 0 Å². The van der Waals surface area contributed by atoms with Gasteiger partial charge in [0.05, 0.1) is 0 Å². The maximum Gasteiger partial charge on any atom is 0.253 e. The van der Waals surface area contributed by atoms with Gasteiger partial charge in [0.1, 0.15) is 0 Å². The zero-order valence-electron chi connectivity index (χ0n) is 14.1. The molecule has 3 aliphatic heterocycles. The highest BCUT2D eigenvalue weighted by Crippen LogP contribution is 2.37. The zero-order chi connectivity index (χ0) is 16.6. The fourth-order valence-corrected chi connectivity index (χ4v) is 4.32. The zero-order valence-corrected chi connectivity index (χ0v) is 14.1. The molecule has 5 heteroatoms. The van der Waals surface area contributed by atoms with Crippen molar-refractivity contribution in [1.29, 1.82) is 0 Å². The van der Waals surface area contributed by atoms with E-state index >= 15 is 0 Å². The van der Waals surface area contributed by atoms with Gasteiger partial charge < -0.3 is 15.1 Å². The van der Waals surface area contributed by atoms with Crippen molar-refractivity contribution in [2.45, 2.75) is 32.1 Å². The topological polar surface area (TPSA) is 52.7 Å². The first-order chi connectivity index (χ1) is 11.7. The molecule has 3 aliphatic rings. The Morgan fingerprint density at radius 2 is 1.96 bits per heavy atom. The third-order valence-electron chi connectivity index (χ3n) is 5.92. The van der Waals surface area contributed by atoms with E-state index in [1.807, 2.05) is 29.2 Å². The fraction of sp³-hybridized carbons (Fsp3) is 0.579. The Balaban J connectivity index is 1.46. The summed E-state index contributed by atoms with van der Waals surface area (Å²) >= 11 is 0.